The lowest BCUT2D eigenvalue weighted by Crippen LogP contribution is -2.47. The maximum atomic E-state index is 6.92. The van der Waals surface area contributed by atoms with Crippen molar-refractivity contribution in [2.45, 2.75) is 0 Å². The van der Waals surface area contributed by atoms with E-state index in [0.29, 0.717) is 5.75 Å². The summed E-state index contributed by atoms with van der Waals surface area (Å²) in [5.74, 6) is 2.23. The fourth-order valence-electron chi connectivity index (χ4n) is 9.48. The Labute approximate surface area is 330 Å². The first-order chi connectivity index (χ1) is 28.3. The van der Waals surface area contributed by atoms with Gasteiger partial charge in [0.05, 0.1) is 0 Å². The molecule has 264 valence electrons. The fourth-order valence-corrected chi connectivity index (χ4v) is 9.48. The molecule has 12 rings (SSSR count). The van der Waals surface area contributed by atoms with E-state index in [9.17, 15) is 0 Å². The van der Waals surface area contributed by atoms with Crippen molar-refractivity contribution in [1.82, 2.24) is 0 Å². The maximum absolute atomic E-state index is 6.92. The van der Waals surface area contributed by atoms with Crippen LogP contribution in [0.3, 0.4) is 0 Å². The van der Waals surface area contributed by atoms with Gasteiger partial charge in [0.2, 0.25) is 0 Å². The molecule has 0 saturated carbocycles. The number of rotatable bonds is 2. The van der Waals surface area contributed by atoms with E-state index in [0.717, 1.165) is 33.6 Å². The van der Waals surface area contributed by atoms with Gasteiger partial charge in [0, 0.05) is 11.0 Å². The minimum Gasteiger partial charge on any atom is -0.549 e. The zero-order chi connectivity index (χ0) is 37.5. The molecule has 1 aliphatic heterocycles. The molecule has 2 nitrogen and oxygen atoms in total. The molecule has 0 radical (unpaired) electrons. The Morgan fingerprint density at radius 1 is 0.316 bits per heavy atom. The molecule has 57 heavy (non-hydrogen) atoms. The van der Waals surface area contributed by atoms with Gasteiger partial charge in [-0.05, 0) is 105 Å². The molecule has 3 heteroatoms. The summed E-state index contributed by atoms with van der Waals surface area (Å²) in [6.07, 6.45) is 0. The van der Waals surface area contributed by atoms with Gasteiger partial charge in [0.25, 0.3) is 0 Å². The van der Waals surface area contributed by atoms with Crippen molar-refractivity contribution in [3.8, 4) is 39.5 Å². The molecule has 3 aliphatic rings. The normalized spacial score (nSPS) is 12.5. The monoisotopic (exact) mass is 724 g/mol. The topological polar surface area (TPSA) is 18.5 Å². The van der Waals surface area contributed by atoms with Crippen LogP contribution >= 0.6 is 0 Å². The summed E-state index contributed by atoms with van der Waals surface area (Å²) in [6.45, 7) is -0.308. The van der Waals surface area contributed by atoms with Gasteiger partial charge < -0.3 is 9.39 Å². The molecule has 0 N–H and O–H groups in total. The molecule has 0 atom stereocenters. The summed E-state index contributed by atoms with van der Waals surface area (Å²) >= 11 is 0. The highest BCUT2D eigenvalue weighted by Crippen LogP contribution is 2.49. The second-order valence-corrected chi connectivity index (χ2v) is 15.0. The van der Waals surface area contributed by atoms with Gasteiger partial charge in [0.1, 0.15) is 11.5 Å². The quantitative estimate of drug-likeness (QED) is 0.165. The SMILES string of the molecule is c1ccc(B2Oc3cccc(-c4ccc5c(c4)c4cccc6c4-c4c(cccc4c4ccccc45)c4ccccc4c4ccccc64)c3Oc3ccccc32)cc1. The average molecular weight is 725 g/mol. The maximum Gasteiger partial charge on any atom is 0.430 e. The van der Waals surface area contributed by atoms with Crippen molar-refractivity contribution >= 4 is 82.5 Å². The molecule has 0 fully saturated rings. The van der Waals surface area contributed by atoms with Crippen LogP contribution in [0.2, 0.25) is 0 Å². The number of fused-ring (bicyclic) bond motifs is 12. The van der Waals surface area contributed by atoms with Crippen molar-refractivity contribution in [3.05, 3.63) is 200 Å². The molecule has 0 saturated heterocycles. The second-order valence-electron chi connectivity index (χ2n) is 15.0. The highest BCUT2D eigenvalue weighted by atomic mass is 16.5. The predicted molar refractivity (Wildman–Crippen MR) is 241 cm³/mol. The average Bonchev–Trinajstić information content (AvgIpc) is 3.45. The van der Waals surface area contributed by atoms with Crippen molar-refractivity contribution in [1.29, 1.82) is 0 Å². The Morgan fingerprint density at radius 3 is 1.35 bits per heavy atom. The van der Waals surface area contributed by atoms with Crippen molar-refractivity contribution in [2.75, 3.05) is 0 Å². The first-order valence-corrected chi connectivity index (χ1v) is 19.6. The number of benzene rings is 9. The largest absolute Gasteiger partial charge is 0.549 e. The Hall–Kier alpha value is -7.36. The number of para-hydroxylation sites is 2. The molecule has 1 heterocycles. The Kier molecular flexibility index (Phi) is 7.06. The summed E-state index contributed by atoms with van der Waals surface area (Å²) in [5, 5.41) is 14.7. The van der Waals surface area contributed by atoms with Gasteiger partial charge in [0.15, 0.2) is 5.75 Å². The van der Waals surface area contributed by atoms with E-state index >= 15 is 0 Å². The van der Waals surface area contributed by atoms with Gasteiger partial charge in [-0.15, -0.1) is 0 Å². The summed E-state index contributed by atoms with van der Waals surface area (Å²) in [4.78, 5) is 0. The lowest BCUT2D eigenvalue weighted by Gasteiger charge is -2.20. The van der Waals surface area contributed by atoms with E-state index in [1.165, 1.54) is 75.8 Å². The molecular weight excluding hydrogens is 691 g/mol. The smallest absolute Gasteiger partial charge is 0.430 e. The lowest BCUT2D eigenvalue weighted by atomic mass is 9.55. The van der Waals surface area contributed by atoms with Gasteiger partial charge in [-0.2, -0.15) is 0 Å². The highest BCUT2D eigenvalue weighted by molar-refractivity contribution is 6.81. The van der Waals surface area contributed by atoms with Crippen LogP contribution in [0.5, 0.6) is 17.2 Å². The number of hydrogen-bond acceptors (Lipinski definition) is 2. The van der Waals surface area contributed by atoms with E-state index in [1.807, 2.05) is 24.3 Å². The third kappa shape index (κ3) is 4.86. The zero-order valence-corrected chi connectivity index (χ0v) is 30.9. The summed E-state index contributed by atoms with van der Waals surface area (Å²) < 4.78 is 13.8. The predicted octanol–water partition coefficient (Wildman–Crippen LogP) is 13.2. The van der Waals surface area contributed by atoms with E-state index < -0.39 is 0 Å². The summed E-state index contributed by atoms with van der Waals surface area (Å²) in [5.41, 5.74) is 6.64. The van der Waals surface area contributed by atoms with Crippen LogP contribution in [0, 0.1) is 0 Å². The van der Waals surface area contributed by atoms with Crippen LogP contribution in [0.15, 0.2) is 200 Å². The minimum atomic E-state index is -0.308. The van der Waals surface area contributed by atoms with E-state index in [4.69, 9.17) is 9.39 Å². The first kappa shape index (κ1) is 31.9. The summed E-state index contributed by atoms with van der Waals surface area (Å²) in [7, 11) is 0. The minimum absolute atomic E-state index is 0.308. The van der Waals surface area contributed by atoms with Crippen molar-refractivity contribution in [3.63, 3.8) is 0 Å². The Balaban J connectivity index is 1.22. The van der Waals surface area contributed by atoms with Crippen LogP contribution in [-0.2, 0) is 0 Å². The van der Waals surface area contributed by atoms with Crippen molar-refractivity contribution < 1.29 is 9.39 Å². The van der Waals surface area contributed by atoms with E-state index in [2.05, 4.69) is 176 Å². The Bertz CT molecular complexity index is 3430. The lowest BCUT2D eigenvalue weighted by molar-refractivity contribution is 0.467. The zero-order valence-electron chi connectivity index (χ0n) is 30.9. The third-order valence-corrected chi connectivity index (χ3v) is 12.0. The standard InChI is InChI=1S/C54H33BO2/c1-2-15-35(16-3-1)55-49-28-10-11-29-50(49)56-54-36(23-14-30-51(54)57-55)34-31-32-43-39-19-6-9-22-42(39)45-25-12-24-44-40-20-7-4-17-37(40)38-18-5-8-21-41(38)46-26-13-27-47(48(43)33-34)53(46)52(44)45/h1-33H. The van der Waals surface area contributed by atoms with Crippen LogP contribution in [0.25, 0.3) is 86.9 Å². The highest BCUT2D eigenvalue weighted by Gasteiger charge is 2.32. The summed E-state index contributed by atoms with van der Waals surface area (Å²) in [6, 6.07) is 72.2. The van der Waals surface area contributed by atoms with Gasteiger partial charge in [-0.1, -0.05) is 182 Å². The van der Waals surface area contributed by atoms with Crippen LogP contribution in [0.1, 0.15) is 0 Å². The van der Waals surface area contributed by atoms with Crippen molar-refractivity contribution in [2.24, 2.45) is 0 Å². The van der Waals surface area contributed by atoms with E-state index in [1.54, 1.807) is 0 Å². The number of ether oxygens (including phenoxy) is 1. The molecule has 0 unspecified atom stereocenters. The first-order valence-electron chi connectivity index (χ1n) is 19.6. The molecule has 2 aliphatic carbocycles. The fraction of sp³-hybridized carbons (Fsp3) is 0. The molecule has 0 spiro atoms. The van der Waals surface area contributed by atoms with Crippen LogP contribution in [-0.4, -0.2) is 6.92 Å². The van der Waals surface area contributed by atoms with Gasteiger partial charge in [-0.25, -0.2) is 0 Å². The van der Waals surface area contributed by atoms with Gasteiger partial charge >= 0.3 is 6.92 Å². The molecule has 0 amide bonds. The molecular formula is C54H33BO2. The van der Waals surface area contributed by atoms with Crippen LogP contribution < -0.4 is 20.3 Å². The number of hydrogen-bond donors (Lipinski definition) is 0. The van der Waals surface area contributed by atoms with Gasteiger partial charge in [-0.3, -0.25) is 0 Å². The molecule has 9 aromatic rings. The third-order valence-electron chi connectivity index (χ3n) is 12.0. The Morgan fingerprint density at radius 2 is 0.754 bits per heavy atom. The second kappa shape index (κ2) is 12.6. The molecule has 9 aromatic carbocycles. The molecule has 0 aromatic heterocycles. The van der Waals surface area contributed by atoms with Crippen LogP contribution in [0.4, 0.5) is 0 Å². The molecule has 0 bridgehead atoms. The van der Waals surface area contributed by atoms with E-state index in [-0.39, 0.29) is 6.92 Å².